The number of amides is 3. The summed E-state index contributed by atoms with van der Waals surface area (Å²) in [7, 11) is 1.52. The van der Waals surface area contributed by atoms with E-state index in [1.54, 1.807) is 9.80 Å². The molecule has 2 aliphatic heterocycles. The highest BCUT2D eigenvalue weighted by atomic mass is 19.4. The van der Waals surface area contributed by atoms with Crippen LogP contribution < -0.4 is 0 Å². The van der Waals surface area contributed by atoms with Gasteiger partial charge in [0.2, 0.25) is 17.7 Å². The average Bonchev–Trinajstić information content (AvgIpc) is 2.98. The maximum atomic E-state index is 14.0. The molecule has 2 atom stereocenters. The van der Waals surface area contributed by atoms with Crippen molar-refractivity contribution >= 4 is 17.7 Å². The smallest absolute Gasteiger partial charge is 0.343 e. The van der Waals surface area contributed by atoms with Gasteiger partial charge in [0.25, 0.3) is 0 Å². The highest BCUT2D eigenvalue weighted by Gasteiger charge is 2.44. The number of halogens is 6. The van der Waals surface area contributed by atoms with Gasteiger partial charge in [0.05, 0.1) is 16.5 Å². The molecule has 0 spiro atoms. The molecule has 2 aliphatic rings. The third-order valence-electron chi connectivity index (χ3n) is 9.43. The van der Waals surface area contributed by atoms with Crippen molar-refractivity contribution in [2.45, 2.75) is 76.7 Å². The lowest BCUT2D eigenvalue weighted by molar-refractivity contribution is -0.145. The molecule has 45 heavy (non-hydrogen) atoms. The quantitative estimate of drug-likeness (QED) is 0.356. The van der Waals surface area contributed by atoms with Gasteiger partial charge in [-0.3, -0.25) is 14.4 Å². The first-order valence-electron chi connectivity index (χ1n) is 15.0. The maximum absolute atomic E-state index is 14.0. The lowest BCUT2D eigenvalue weighted by Gasteiger charge is -2.46. The molecule has 6 nitrogen and oxygen atoms in total. The Morgan fingerprint density at radius 2 is 1.31 bits per heavy atom. The van der Waals surface area contributed by atoms with E-state index in [-0.39, 0.29) is 29.7 Å². The van der Waals surface area contributed by atoms with Crippen LogP contribution in [0.1, 0.15) is 73.8 Å². The third kappa shape index (κ3) is 7.30. The molecule has 12 heteroatoms. The van der Waals surface area contributed by atoms with E-state index in [1.807, 2.05) is 31.2 Å². The number of likely N-dealkylation sites (N-methyl/N-ethyl adjacent to an activating group) is 1. The van der Waals surface area contributed by atoms with E-state index in [0.717, 1.165) is 11.1 Å². The van der Waals surface area contributed by atoms with E-state index in [9.17, 15) is 40.7 Å². The van der Waals surface area contributed by atoms with Crippen molar-refractivity contribution in [1.82, 2.24) is 14.7 Å². The summed E-state index contributed by atoms with van der Waals surface area (Å²) in [6.07, 6.45) is -8.61. The molecule has 0 saturated carbocycles. The third-order valence-corrected chi connectivity index (χ3v) is 9.43. The van der Waals surface area contributed by atoms with Crippen molar-refractivity contribution in [3.63, 3.8) is 0 Å². The molecule has 0 unspecified atom stereocenters. The zero-order valence-electron chi connectivity index (χ0n) is 26.1. The molecule has 2 aromatic carbocycles. The SMILES string of the molecule is CC(=O)N1CCC(C(=O)N2CC[C@@H](N(C)C(=O)C(C)(C)c3cc(C(F)(F)F)cc(C(F)(F)F)c3)[C@H](c3ccccc3C)C2)CC1. The molecular weight excluding hydrogens is 600 g/mol. The molecule has 0 aliphatic carbocycles. The Morgan fingerprint density at radius 1 is 0.800 bits per heavy atom. The molecule has 2 aromatic rings. The number of alkyl halides is 6. The first-order chi connectivity index (χ1) is 20.8. The number of nitrogens with zero attached hydrogens (tertiary/aromatic N) is 3. The number of carbonyl (C=O) groups is 3. The Kier molecular flexibility index (Phi) is 9.66. The van der Waals surface area contributed by atoms with Crippen molar-refractivity contribution in [2.24, 2.45) is 5.92 Å². The normalized spacial score (nSPS) is 20.2. The molecule has 0 radical (unpaired) electrons. The van der Waals surface area contributed by atoms with Crippen LogP contribution in [-0.2, 0) is 32.2 Å². The van der Waals surface area contributed by atoms with Crippen molar-refractivity contribution in [1.29, 1.82) is 0 Å². The van der Waals surface area contributed by atoms with E-state index >= 15 is 0 Å². The lowest BCUT2D eigenvalue weighted by atomic mass is 9.78. The molecule has 4 rings (SSSR count). The minimum Gasteiger partial charge on any atom is -0.343 e. The standard InChI is InChI=1S/C33H39F6N3O3/c1-20-8-6-7-9-26(20)27-19-42(29(44)22-10-13-41(14-11-22)21(2)43)15-12-28(27)40(5)30(45)31(3,4)23-16-24(32(34,35)36)18-25(17-23)33(37,38)39/h6-9,16-18,22,27-28H,10-15,19H2,1-5H3/t27-,28+/m0/s1. The summed E-state index contributed by atoms with van der Waals surface area (Å²) in [5, 5.41) is 0. The number of piperidine rings is 2. The lowest BCUT2D eigenvalue weighted by Crippen LogP contribution is -2.56. The van der Waals surface area contributed by atoms with Crippen LogP contribution in [0.3, 0.4) is 0 Å². The van der Waals surface area contributed by atoms with Gasteiger partial charge >= 0.3 is 12.4 Å². The highest BCUT2D eigenvalue weighted by Crippen LogP contribution is 2.41. The van der Waals surface area contributed by atoms with Crippen molar-refractivity contribution in [3.05, 3.63) is 70.3 Å². The summed E-state index contributed by atoms with van der Waals surface area (Å²) < 4.78 is 81.8. The minimum atomic E-state index is -5.04. The number of benzene rings is 2. The predicted octanol–water partition coefficient (Wildman–Crippen LogP) is 6.41. The van der Waals surface area contributed by atoms with Gasteiger partial charge in [-0.1, -0.05) is 24.3 Å². The number of rotatable bonds is 5. The predicted molar refractivity (Wildman–Crippen MR) is 156 cm³/mol. The van der Waals surface area contributed by atoms with Gasteiger partial charge in [0.1, 0.15) is 0 Å². The first kappa shape index (κ1) is 34.3. The van der Waals surface area contributed by atoms with E-state index in [4.69, 9.17) is 0 Å². The summed E-state index contributed by atoms with van der Waals surface area (Å²) in [6.45, 7) is 7.70. The number of hydrogen-bond donors (Lipinski definition) is 0. The summed E-state index contributed by atoms with van der Waals surface area (Å²) in [6, 6.07) is 8.34. The van der Waals surface area contributed by atoms with Crippen molar-refractivity contribution in [3.8, 4) is 0 Å². The Bertz CT molecular complexity index is 1400. The molecule has 0 N–H and O–H groups in total. The summed E-state index contributed by atoms with van der Waals surface area (Å²) in [4.78, 5) is 44.4. The van der Waals surface area contributed by atoms with Crippen molar-refractivity contribution < 1.29 is 40.7 Å². The van der Waals surface area contributed by atoms with Gasteiger partial charge in [-0.25, -0.2) is 0 Å². The zero-order valence-corrected chi connectivity index (χ0v) is 26.1. The topological polar surface area (TPSA) is 60.9 Å². The van der Waals surface area contributed by atoms with Gasteiger partial charge in [0, 0.05) is 58.0 Å². The van der Waals surface area contributed by atoms with Crippen LogP contribution in [0, 0.1) is 12.8 Å². The Balaban J connectivity index is 1.63. The van der Waals surface area contributed by atoms with Crippen molar-refractivity contribution in [2.75, 3.05) is 33.2 Å². The Morgan fingerprint density at radius 3 is 1.82 bits per heavy atom. The van der Waals surface area contributed by atoms with Crippen LogP contribution in [0.5, 0.6) is 0 Å². The zero-order chi connectivity index (χ0) is 33.5. The fourth-order valence-corrected chi connectivity index (χ4v) is 6.64. The second-order valence-corrected chi connectivity index (χ2v) is 12.7. The fourth-order valence-electron chi connectivity index (χ4n) is 6.64. The monoisotopic (exact) mass is 639 g/mol. The highest BCUT2D eigenvalue weighted by molar-refractivity contribution is 5.88. The average molecular weight is 640 g/mol. The van der Waals surface area contributed by atoms with Gasteiger partial charge in [-0.2, -0.15) is 26.3 Å². The van der Waals surface area contributed by atoms with Crippen LogP contribution >= 0.6 is 0 Å². The first-order valence-corrected chi connectivity index (χ1v) is 15.0. The number of likely N-dealkylation sites (tertiary alicyclic amines) is 2. The maximum Gasteiger partial charge on any atom is 0.416 e. The van der Waals surface area contributed by atoms with E-state index in [2.05, 4.69) is 0 Å². The van der Waals surface area contributed by atoms with E-state index in [0.29, 0.717) is 57.6 Å². The summed E-state index contributed by atoms with van der Waals surface area (Å²) in [5.74, 6) is -1.27. The molecule has 2 heterocycles. The van der Waals surface area contributed by atoms with Crippen LogP contribution in [-0.4, -0.2) is 71.7 Å². The summed E-state index contributed by atoms with van der Waals surface area (Å²) in [5.41, 5.74) is -3.24. The molecular formula is C33H39F6N3O3. The number of aryl methyl sites for hydroxylation is 1. The van der Waals surface area contributed by atoms with Gasteiger partial charge < -0.3 is 14.7 Å². The summed E-state index contributed by atoms with van der Waals surface area (Å²) >= 11 is 0. The van der Waals surface area contributed by atoms with Gasteiger partial charge in [-0.05, 0) is 74.9 Å². The second kappa shape index (κ2) is 12.7. The van der Waals surface area contributed by atoms with E-state index < -0.39 is 46.4 Å². The van der Waals surface area contributed by atoms with Gasteiger partial charge in [0.15, 0.2) is 0 Å². The molecule has 2 fully saturated rings. The molecule has 0 aromatic heterocycles. The fraction of sp³-hybridized carbons (Fsp3) is 0.545. The van der Waals surface area contributed by atoms with Gasteiger partial charge in [-0.15, -0.1) is 0 Å². The van der Waals surface area contributed by atoms with Crippen LogP contribution in [0.25, 0.3) is 0 Å². The van der Waals surface area contributed by atoms with Crippen LogP contribution in [0.15, 0.2) is 42.5 Å². The molecule has 246 valence electrons. The van der Waals surface area contributed by atoms with E-state index in [1.165, 1.54) is 32.7 Å². The molecule has 2 saturated heterocycles. The second-order valence-electron chi connectivity index (χ2n) is 12.7. The molecule has 0 bridgehead atoms. The number of hydrogen-bond acceptors (Lipinski definition) is 3. The minimum absolute atomic E-state index is 0.0202. The molecule has 3 amide bonds. The largest absolute Gasteiger partial charge is 0.416 e. The van der Waals surface area contributed by atoms with Crippen LogP contribution in [0.2, 0.25) is 0 Å². The Labute approximate surface area is 259 Å². The Hall–Kier alpha value is -3.57. The number of carbonyl (C=O) groups excluding carboxylic acids is 3. The van der Waals surface area contributed by atoms with Crippen LogP contribution in [0.4, 0.5) is 26.3 Å².